The van der Waals surface area contributed by atoms with Crippen molar-refractivity contribution in [1.29, 1.82) is 0 Å². The summed E-state index contributed by atoms with van der Waals surface area (Å²) in [4.78, 5) is 16.6. The van der Waals surface area contributed by atoms with E-state index in [9.17, 15) is 9.18 Å². The Morgan fingerprint density at radius 2 is 2.16 bits per heavy atom. The molecule has 3 aromatic rings. The summed E-state index contributed by atoms with van der Waals surface area (Å²) in [5.41, 5.74) is 2.74. The molecule has 0 bridgehead atoms. The summed E-state index contributed by atoms with van der Waals surface area (Å²) in [7, 11) is 0. The van der Waals surface area contributed by atoms with Gasteiger partial charge in [-0.1, -0.05) is 11.6 Å². The van der Waals surface area contributed by atoms with Crippen LogP contribution in [0.4, 0.5) is 9.52 Å². The zero-order chi connectivity index (χ0) is 17.4. The molecule has 1 aromatic heterocycles. The molecule has 1 N–H and O–H groups in total. The lowest BCUT2D eigenvalue weighted by Gasteiger charge is -2.04. The van der Waals surface area contributed by atoms with E-state index in [1.54, 1.807) is 0 Å². The predicted molar refractivity (Wildman–Crippen MR) is 96.1 cm³/mol. The van der Waals surface area contributed by atoms with Crippen molar-refractivity contribution < 1.29 is 13.9 Å². The van der Waals surface area contributed by atoms with Gasteiger partial charge >= 0.3 is 0 Å². The third kappa shape index (κ3) is 3.23. The van der Waals surface area contributed by atoms with Gasteiger partial charge in [0.25, 0.3) is 5.91 Å². The van der Waals surface area contributed by atoms with Crippen LogP contribution in [-0.2, 0) is 6.42 Å². The van der Waals surface area contributed by atoms with Crippen LogP contribution in [0.2, 0.25) is 5.02 Å². The fourth-order valence-electron chi connectivity index (χ4n) is 2.65. The maximum Gasteiger partial charge on any atom is 0.260 e. The number of hydrogen-bond acceptors (Lipinski definition) is 4. The Labute approximate surface area is 152 Å². The summed E-state index contributed by atoms with van der Waals surface area (Å²) in [6.45, 7) is 0.697. The van der Waals surface area contributed by atoms with Crippen LogP contribution in [-0.4, -0.2) is 17.5 Å². The second kappa shape index (κ2) is 6.46. The largest absolute Gasteiger partial charge is 0.493 e. The monoisotopic (exact) mass is 374 g/mol. The van der Waals surface area contributed by atoms with Gasteiger partial charge in [0.05, 0.1) is 17.9 Å². The van der Waals surface area contributed by atoms with Crippen molar-refractivity contribution in [2.45, 2.75) is 6.42 Å². The molecule has 4 rings (SSSR count). The highest BCUT2D eigenvalue weighted by Gasteiger charge is 2.16. The van der Waals surface area contributed by atoms with E-state index in [0.29, 0.717) is 16.8 Å². The first-order valence-electron chi connectivity index (χ1n) is 7.58. The van der Waals surface area contributed by atoms with Gasteiger partial charge in [-0.2, -0.15) is 0 Å². The number of benzene rings is 2. The number of nitrogens with zero attached hydrogens (tertiary/aromatic N) is 1. The van der Waals surface area contributed by atoms with Crippen LogP contribution in [0, 0.1) is 5.82 Å². The first-order chi connectivity index (χ1) is 12.1. The van der Waals surface area contributed by atoms with Gasteiger partial charge in [-0.25, -0.2) is 9.37 Å². The minimum Gasteiger partial charge on any atom is -0.493 e. The topological polar surface area (TPSA) is 51.2 Å². The van der Waals surface area contributed by atoms with E-state index < -0.39 is 11.7 Å². The zero-order valence-electron chi connectivity index (χ0n) is 12.9. The molecule has 2 heterocycles. The van der Waals surface area contributed by atoms with Crippen LogP contribution < -0.4 is 10.1 Å². The van der Waals surface area contributed by atoms with Crippen molar-refractivity contribution in [3.63, 3.8) is 0 Å². The Kier molecular flexibility index (Phi) is 4.15. The molecule has 0 saturated carbocycles. The summed E-state index contributed by atoms with van der Waals surface area (Å²) >= 11 is 7.11. The Bertz CT molecular complexity index is 973. The average molecular weight is 375 g/mol. The third-order valence-electron chi connectivity index (χ3n) is 3.88. The fraction of sp³-hybridized carbons (Fsp3) is 0.111. The minimum absolute atomic E-state index is 0.112. The summed E-state index contributed by atoms with van der Waals surface area (Å²) in [6, 6.07) is 9.75. The molecule has 0 atom stereocenters. The number of thiazole rings is 1. The number of aromatic nitrogens is 1. The van der Waals surface area contributed by atoms with Crippen molar-refractivity contribution in [1.82, 2.24) is 4.98 Å². The lowest BCUT2D eigenvalue weighted by molar-refractivity contribution is 0.102. The lowest BCUT2D eigenvalue weighted by Crippen LogP contribution is -2.13. The molecule has 0 aliphatic carbocycles. The predicted octanol–water partition coefficient (Wildman–Crippen LogP) is 4.79. The van der Waals surface area contributed by atoms with Gasteiger partial charge in [-0.15, -0.1) is 11.3 Å². The second-order valence-electron chi connectivity index (χ2n) is 5.54. The van der Waals surface area contributed by atoms with E-state index in [1.807, 2.05) is 23.6 Å². The molecule has 0 unspecified atom stereocenters. The molecule has 1 aliphatic rings. The second-order valence-corrected chi connectivity index (χ2v) is 6.83. The Morgan fingerprint density at radius 3 is 3.04 bits per heavy atom. The highest BCUT2D eigenvalue weighted by molar-refractivity contribution is 7.14. The van der Waals surface area contributed by atoms with Crippen LogP contribution in [0.1, 0.15) is 15.9 Å². The molecule has 1 amide bonds. The molecular weight excluding hydrogens is 363 g/mol. The van der Waals surface area contributed by atoms with E-state index >= 15 is 0 Å². The normalized spacial score (nSPS) is 12.6. The first kappa shape index (κ1) is 16.1. The van der Waals surface area contributed by atoms with Crippen LogP contribution >= 0.6 is 22.9 Å². The van der Waals surface area contributed by atoms with E-state index in [1.165, 1.54) is 23.5 Å². The van der Waals surface area contributed by atoms with Gasteiger partial charge < -0.3 is 4.74 Å². The fourth-order valence-corrected chi connectivity index (χ4v) is 3.53. The van der Waals surface area contributed by atoms with Crippen molar-refractivity contribution in [3.8, 4) is 17.0 Å². The minimum atomic E-state index is -0.627. The smallest absolute Gasteiger partial charge is 0.260 e. The molecule has 2 aromatic carbocycles. The number of hydrogen-bond donors (Lipinski definition) is 1. The number of ether oxygens (including phenoxy) is 1. The summed E-state index contributed by atoms with van der Waals surface area (Å²) in [6.07, 6.45) is 0.880. The molecule has 7 heteroatoms. The van der Waals surface area contributed by atoms with Crippen molar-refractivity contribution in [3.05, 3.63) is 63.7 Å². The van der Waals surface area contributed by atoms with E-state index in [0.717, 1.165) is 35.1 Å². The number of anilines is 1. The van der Waals surface area contributed by atoms with Crippen molar-refractivity contribution in [2.75, 3.05) is 11.9 Å². The maximum atomic E-state index is 13.8. The molecule has 126 valence electrons. The third-order valence-corrected chi connectivity index (χ3v) is 4.88. The van der Waals surface area contributed by atoms with Crippen molar-refractivity contribution >= 4 is 34.0 Å². The van der Waals surface area contributed by atoms with Crippen LogP contribution in [0.25, 0.3) is 11.3 Å². The number of carbonyl (C=O) groups excluding carboxylic acids is 1. The number of nitrogens with one attached hydrogen (secondary N) is 1. The number of fused-ring (bicyclic) bond motifs is 1. The van der Waals surface area contributed by atoms with Crippen LogP contribution in [0.3, 0.4) is 0 Å². The van der Waals surface area contributed by atoms with Gasteiger partial charge in [0.15, 0.2) is 5.13 Å². The molecule has 0 radical (unpaired) electrons. The number of carbonyl (C=O) groups is 1. The van der Waals surface area contributed by atoms with Gasteiger partial charge in [0.1, 0.15) is 11.6 Å². The highest BCUT2D eigenvalue weighted by Crippen LogP contribution is 2.32. The molecule has 0 fully saturated rings. The zero-order valence-corrected chi connectivity index (χ0v) is 14.5. The molecule has 1 aliphatic heterocycles. The highest BCUT2D eigenvalue weighted by atomic mass is 35.5. The molecule has 4 nitrogen and oxygen atoms in total. The first-order valence-corrected chi connectivity index (χ1v) is 8.84. The quantitative estimate of drug-likeness (QED) is 0.717. The van der Waals surface area contributed by atoms with E-state index in [-0.39, 0.29) is 5.56 Å². The molecular formula is C18H12ClFN2O2S. The average Bonchev–Trinajstić information content (AvgIpc) is 3.25. The summed E-state index contributed by atoms with van der Waals surface area (Å²) in [5, 5.41) is 5.16. The Balaban J connectivity index is 1.55. The van der Waals surface area contributed by atoms with Gasteiger partial charge in [-0.3, -0.25) is 10.1 Å². The van der Waals surface area contributed by atoms with Gasteiger partial charge in [0, 0.05) is 22.4 Å². The summed E-state index contributed by atoms with van der Waals surface area (Å²) in [5.74, 6) is -0.301. The molecule has 0 spiro atoms. The van der Waals surface area contributed by atoms with Crippen LogP contribution in [0.5, 0.6) is 5.75 Å². The lowest BCUT2D eigenvalue weighted by atomic mass is 10.1. The Morgan fingerprint density at radius 1 is 1.28 bits per heavy atom. The van der Waals surface area contributed by atoms with Gasteiger partial charge in [0.2, 0.25) is 0 Å². The van der Waals surface area contributed by atoms with Gasteiger partial charge in [-0.05, 0) is 42.0 Å². The van der Waals surface area contributed by atoms with Crippen molar-refractivity contribution in [2.24, 2.45) is 0 Å². The van der Waals surface area contributed by atoms with E-state index in [4.69, 9.17) is 16.3 Å². The van der Waals surface area contributed by atoms with E-state index in [2.05, 4.69) is 10.3 Å². The standard InChI is InChI=1S/C18H12ClFN2O2S/c19-12-2-3-14(20)13(8-12)17(23)22-18-21-15(9-25-18)10-1-4-16-11(7-10)5-6-24-16/h1-4,7-9H,5-6H2,(H,21,22,23). The number of amides is 1. The summed E-state index contributed by atoms with van der Waals surface area (Å²) < 4.78 is 19.3. The molecule has 0 saturated heterocycles. The molecule has 25 heavy (non-hydrogen) atoms. The van der Waals surface area contributed by atoms with Crippen LogP contribution in [0.15, 0.2) is 41.8 Å². The SMILES string of the molecule is O=C(Nc1nc(-c2ccc3c(c2)CCO3)cs1)c1cc(Cl)ccc1F. The Hall–Kier alpha value is -2.44. The number of rotatable bonds is 3. The maximum absolute atomic E-state index is 13.8. The number of halogens is 2.